The van der Waals surface area contributed by atoms with Crippen molar-refractivity contribution in [2.45, 2.75) is 45.1 Å². The number of carbonyl (C=O) groups is 3. The van der Waals surface area contributed by atoms with E-state index in [0.29, 0.717) is 35.6 Å². The first-order valence-electron chi connectivity index (χ1n) is 11.5. The molecule has 172 valence electrons. The summed E-state index contributed by atoms with van der Waals surface area (Å²) in [6.45, 7) is 1.55. The number of Topliss-reactive ketones (excluding diaryl/α,β-unsaturated/α-hetero) is 1. The number of nitrogens with one attached hydrogen (secondary N) is 1. The van der Waals surface area contributed by atoms with Crippen molar-refractivity contribution < 1.29 is 28.3 Å². The van der Waals surface area contributed by atoms with E-state index in [2.05, 4.69) is 5.32 Å². The molecule has 0 saturated heterocycles. The minimum atomic E-state index is -0.981. The Hall–Kier alpha value is -3.35. The van der Waals surface area contributed by atoms with Crippen molar-refractivity contribution in [1.29, 1.82) is 0 Å². The highest BCUT2D eigenvalue weighted by atomic mass is 16.5. The van der Waals surface area contributed by atoms with Crippen LogP contribution in [0.2, 0.25) is 0 Å². The van der Waals surface area contributed by atoms with Crippen molar-refractivity contribution in [2.75, 3.05) is 12.4 Å². The quantitative estimate of drug-likeness (QED) is 0.559. The predicted molar refractivity (Wildman–Crippen MR) is 123 cm³/mol. The third-order valence-corrected chi connectivity index (χ3v) is 7.00. The van der Waals surface area contributed by atoms with Gasteiger partial charge in [0.1, 0.15) is 22.7 Å². The molecule has 2 saturated carbocycles. The van der Waals surface area contributed by atoms with Crippen molar-refractivity contribution in [2.24, 2.45) is 17.8 Å². The summed E-state index contributed by atoms with van der Waals surface area (Å²) in [6, 6.07) is 11.2. The molecule has 2 fully saturated rings. The molecule has 33 heavy (non-hydrogen) atoms. The van der Waals surface area contributed by atoms with Gasteiger partial charge in [0.25, 0.3) is 5.91 Å². The van der Waals surface area contributed by atoms with Crippen LogP contribution in [0.3, 0.4) is 0 Å². The average molecular weight is 450 g/mol. The zero-order chi connectivity index (χ0) is 23.1. The molecule has 1 unspecified atom stereocenters. The van der Waals surface area contributed by atoms with Crippen LogP contribution in [0, 0.1) is 17.8 Å². The van der Waals surface area contributed by atoms with Crippen LogP contribution in [0.25, 0.3) is 21.9 Å². The SMILES string of the molecule is COc1cc2c(cc1NC(=O)[C@@H](C)OC(=O)C1C[C@H]3CCC[C@@H](C1)C3=O)oc1ccccc12. The lowest BCUT2D eigenvalue weighted by molar-refractivity contribution is -0.161. The standard InChI is InChI=1S/C26H27NO6/c1-14(32-26(30)17-10-15-6-5-7-16(11-17)24(15)28)25(29)27-20-13-22-19(12-23(20)31-2)18-8-3-4-9-21(18)33-22/h3-4,8-9,12-17H,5-7,10-11H2,1-2H3,(H,27,29)/t14-,15-,16+,17?/m1/s1. The lowest BCUT2D eigenvalue weighted by Gasteiger charge is -2.36. The van der Waals surface area contributed by atoms with E-state index in [1.807, 2.05) is 30.3 Å². The highest BCUT2D eigenvalue weighted by Gasteiger charge is 2.42. The monoisotopic (exact) mass is 449 g/mol. The minimum Gasteiger partial charge on any atom is -0.495 e. The highest BCUT2D eigenvalue weighted by Crippen LogP contribution is 2.41. The van der Waals surface area contributed by atoms with E-state index in [1.54, 1.807) is 13.0 Å². The Labute approximate surface area is 191 Å². The summed E-state index contributed by atoms with van der Waals surface area (Å²) in [5.41, 5.74) is 1.81. The molecule has 1 heterocycles. The van der Waals surface area contributed by atoms with Gasteiger partial charge in [0.15, 0.2) is 6.10 Å². The van der Waals surface area contributed by atoms with Crippen LogP contribution in [-0.2, 0) is 19.1 Å². The molecule has 2 aromatic carbocycles. The molecule has 2 aliphatic rings. The van der Waals surface area contributed by atoms with Gasteiger partial charge in [-0.05, 0) is 44.7 Å². The Morgan fingerprint density at radius 2 is 1.79 bits per heavy atom. The number of methoxy groups -OCH3 is 1. The van der Waals surface area contributed by atoms with E-state index in [9.17, 15) is 14.4 Å². The number of anilines is 1. The van der Waals surface area contributed by atoms with Crippen LogP contribution in [-0.4, -0.2) is 30.9 Å². The maximum absolute atomic E-state index is 12.8. The number of hydrogen-bond donors (Lipinski definition) is 1. The number of amides is 1. The van der Waals surface area contributed by atoms with Gasteiger partial charge in [-0.1, -0.05) is 24.6 Å². The summed E-state index contributed by atoms with van der Waals surface area (Å²) in [4.78, 5) is 37.9. The predicted octanol–water partition coefficient (Wildman–Crippen LogP) is 4.86. The molecule has 0 aliphatic heterocycles. The van der Waals surface area contributed by atoms with E-state index in [-0.39, 0.29) is 17.8 Å². The first-order valence-corrected chi connectivity index (χ1v) is 11.5. The largest absolute Gasteiger partial charge is 0.495 e. The topological polar surface area (TPSA) is 94.8 Å². The summed E-state index contributed by atoms with van der Waals surface area (Å²) >= 11 is 0. The molecular formula is C26H27NO6. The normalized spacial score (nSPS) is 23.3. The van der Waals surface area contributed by atoms with Crippen molar-refractivity contribution in [3.63, 3.8) is 0 Å². The van der Waals surface area contributed by atoms with Crippen LogP contribution in [0.15, 0.2) is 40.8 Å². The highest BCUT2D eigenvalue weighted by molar-refractivity contribution is 6.08. The lowest BCUT2D eigenvalue weighted by Crippen LogP contribution is -2.41. The van der Waals surface area contributed by atoms with Gasteiger partial charge in [-0.25, -0.2) is 0 Å². The molecule has 1 amide bonds. The summed E-state index contributed by atoms with van der Waals surface area (Å²) in [5, 5.41) is 4.64. The maximum atomic E-state index is 12.8. The Morgan fingerprint density at radius 1 is 1.06 bits per heavy atom. The first kappa shape index (κ1) is 21.5. The number of furan rings is 1. The minimum absolute atomic E-state index is 0.0426. The molecule has 0 radical (unpaired) electrons. The summed E-state index contributed by atoms with van der Waals surface area (Å²) < 4.78 is 16.9. The second-order valence-corrected chi connectivity index (χ2v) is 9.11. The second kappa shape index (κ2) is 8.54. The molecule has 1 aromatic heterocycles. The number of para-hydroxylation sites is 1. The van der Waals surface area contributed by atoms with Crippen LogP contribution < -0.4 is 10.1 Å². The smallest absolute Gasteiger partial charge is 0.309 e. The molecule has 7 heteroatoms. The number of carbonyl (C=O) groups excluding carboxylic acids is 3. The average Bonchev–Trinajstić information content (AvgIpc) is 3.15. The zero-order valence-corrected chi connectivity index (χ0v) is 18.8. The maximum Gasteiger partial charge on any atom is 0.309 e. The Bertz CT molecular complexity index is 1230. The number of fused-ring (bicyclic) bond motifs is 5. The van der Waals surface area contributed by atoms with Gasteiger partial charge >= 0.3 is 5.97 Å². The van der Waals surface area contributed by atoms with Gasteiger partial charge < -0.3 is 19.2 Å². The van der Waals surface area contributed by atoms with Crippen molar-refractivity contribution in [3.8, 4) is 5.75 Å². The van der Waals surface area contributed by atoms with Crippen molar-refractivity contribution >= 4 is 45.3 Å². The Morgan fingerprint density at radius 3 is 2.52 bits per heavy atom. The van der Waals surface area contributed by atoms with Crippen molar-refractivity contribution in [3.05, 3.63) is 36.4 Å². The van der Waals surface area contributed by atoms with E-state index >= 15 is 0 Å². The van der Waals surface area contributed by atoms with E-state index < -0.39 is 18.0 Å². The van der Waals surface area contributed by atoms with Gasteiger partial charge in [0.05, 0.1) is 18.7 Å². The number of hydrogen-bond acceptors (Lipinski definition) is 6. The third kappa shape index (κ3) is 3.96. The van der Waals surface area contributed by atoms with Crippen LogP contribution >= 0.6 is 0 Å². The number of esters is 1. The van der Waals surface area contributed by atoms with Gasteiger partial charge in [-0.15, -0.1) is 0 Å². The number of ketones is 1. The molecule has 0 spiro atoms. The van der Waals surface area contributed by atoms with E-state index in [1.165, 1.54) is 7.11 Å². The summed E-state index contributed by atoms with van der Waals surface area (Å²) in [5.74, 6) is -0.484. The zero-order valence-electron chi connectivity index (χ0n) is 18.8. The molecule has 2 aliphatic carbocycles. The number of ether oxygens (including phenoxy) is 2. The van der Waals surface area contributed by atoms with E-state index in [4.69, 9.17) is 13.9 Å². The number of benzene rings is 2. The fourth-order valence-electron chi connectivity index (χ4n) is 5.25. The molecule has 3 aromatic rings. The molecule has 7 nitrogen and oxygen atoms in total. The summed E-state index contributed by atoms with van der Waals surface area (Å²) in [6.07, 6.45) is 2.81. The fraction of sp³-hybridized carbons (Fsp3) is 0.423. The molecule has 5 rings (SSSR count). The van der Waals surface area contributed by atoms with Crippen molar-refractivity contribution in [1.82, 2.24) is 0 Å². The molecule has 2 bridgehead atoms. The van der Waals surface area contributed by atoms with Crippen LogP contribution in [0.5, 0.6) is 5.75 Å². The van der Waals surface area contributed by atoms with Gasteiger partial charge in [-0.3, -0.25) is 14.4 Å². The Kier molecular flexibility index (Phi) is 5.56. The Balaban J connectivity index is 1.29. The number of rotatable bonds is 5. The molecular weight excluding hydrogens is 422 g/mol. The van der Waals surface area contributed by atoms with Gasteiger partial charge in [0, 0.05) is 28.7 Å². The van der Waals surface area contributed by atoms with Crippen LogP contribution in [0.1, 0.15) is 39.0 Å². The van der Waals surface area contributed by atoms with E-state index in [0.717, 1.165) is 35.6 Å². The third-order valence-electron chi connectivity index (χ3n) is 7.00. The van der Waals surface area contributed by atoms with Crippen LogP contribution in [0.4, 0.5) is 5.69 Å². The summed E-state index contributed by atoms with van der Waals surface area (Å²) in [7, 11) is 1.53. The fourth-order valence-corrected chi connectivity index (χ4v) is 5.25. The lowest BCUT2D eigenvalue weighted by atomic mass is 9.67. The second-order valence-electron chi connectivity index (χ2n) is 9.11. The first-order chi connectivity index (χ1) is 15.9. The van der Waals surface area contributed by atoms with Gasteiger partial charge in [-0.2, -0.15) is 0 Å². The molecule has 1 N–H and O–H groups in total. The van der Waals surface area contributed by atoms with Gasteiger partial charge in [0.2, 0.25) is 0 Å². The molecule has 4 atom stereocenters.